The van der Waals surface area contributed by atoms with E-state index in [-0.39, 0.29) is 11.5 Å². The minimum absolute atomic E-state index is 0.0973. The Labute approximate surface area is 113 Å². The van der Waals surface area contributed by atoms with E-state index in [0.29, 0.717) is 29.2 Å². The van der Waals surface area contributed by atoms with Crippen molar-refractivity contribution in [3.05, 3.63) is 39.0 Å². The summed E-state index contributed by atoms with van der Waals surface area (Å²) in [4.78, 5) is 27.9. The number of amides is 1. The summed E-state index contributed by atoms with van der Waals surface area (Å²) in [5.41, 5.74) is 1.09. The highest BCUT2D eigenvalue weighted by Crippen LogP contribution is 2.07. The molecule has 0 unspecified atom stereocenters. The molecule has 100 valence electrons. The monoisotopic (exact) mass is 279 g/mol. The molecule has 0 aliphatic carbocycles. The maximum absolute atomic E-state index is 11.8. The van der Waals surface area contributed by atoms with Gasteiger partial charge in [-0.1, -0.05) is 4.49 Å². The maximum atomic E-state index is 11.8. The minimum atomic E-state index is -0.221. The van der Waals surface area contributed by atoms with E-state index < -0.39 is 0 Å². The number of hydrogen-bond acceptors (Lipinski definition) is 6. The number of nitrogens with zero attached hydrogens (tertiary/aromatic N) is 4. The van der Waals surface area contributed by atoms with Crippen molar-refractivity contribution < 1.29 is 4.79 Å². The van der Waals surface area contributed by atoms with Crippen LogP contribution in [0.4, 0.5) is 0 Å². The molecule has 0 saturated carbocycles. The fraction of sp³-hybridized carbons (Fsp3) is 0.364. The molecule has 2 aromatic rings. The summed E-state index contributed by atoms with van der Waals surface area (Å²) >= 11 is 1.06. The third kappa shape index (κ3) is 3.02. The van der Waals surface area contributed by atoms with E-state index >= 15 is 0 Å². The number of carbonyl (C=O) groups excluding carboxylic acids is 1. The summed E-state index contributed by atoms with van der Waals surface area (Å²) < 4.78 is 5.17. The van der Waals surface area contributed by atoms with Crippen LogP contribution in [0.2, 0.25) is 0 Å². The van der Waals surface area contributed by atoms with E-state index in [4.69, 9.17) is 0 Å². The highest BCUT2D eigenvalue weighted by molar-refractivity contribution is 7.07. The van der Waals surface area contributed by atoms with Gasteiger partial charge in [-0.3, -0.25) is 14.2 Å². The largest absolute Gasteiger partial charge is 0.349 e. The van der Waals surface area contributed by atoms with Gasteiger partial charge in [-0.25, -0.2) is 4.98 Å². The molecule has 2 aromatic heterocycles. The number of aryl methyl sites for hydroxylation is 2. The Hall–Kier alpha value is -2.09. The third-order valence-electron chi connectivity index (χ3n) is 2.57. The predicted molar refractivity (Wildman–Crippen MR) is 70.2 cm³/mol. The van der Waals surface area contributed by atoms with Gasteiger partial charge in [0.05, 0.1) is 12.0 Å². The van der Waals surface area contributed by atoms with Gasteiger partial charge in [0.25, 0.3) is 11.5 Å². The summed E-state index contributed by atoms with van der Waals surface area (Å²) in [5.74, 6) is -0.221. The first-order chi connectivity index (χ1) is 9.09. The first kappa shape index (κ1) is 13.3. The molecule has 0 aromatic carbocycles. The smallest absolute Gasteiger partial charge is 0.265 e. The number of rotatable bonds is 4. The summed E-state index contributed by atoms with van der Waals surface area (Å²) in [6.45, 7) is 4.16. The molecule has 0 aliphatic heterocycles. The highest BCUT2D eigenvalue weighted by atomic mass is 32.1. The zero-order valence-electron chi connectivity index (χ0n) is 10.6. The van der Waals surface area contributed by atoms with E-state index in [1.54, 1.807) is 13.8 Å². The van der Waals surface area contributed by atoms with Crippen LogP contribution in [0.25, 0.3) is 0 Å². The van der Waals surface area contributed by atoms with E-state index in [1.807, 2.05) is 0 Å². The fourth-order valence-electron chi connectivity index (χ4n) is 1.53. The molecular weight excluding hydrogens is 266 g/mol. The molecule has 1 amide bonds. The van der Waals surface area contributed by atoms with Crippen LogP contribution in [0.1, 0.15) is 20.9 Å². The Balaban J connectivity index is 1.94. The topological polar surface area (TPSA) is 89.8 Å². The average Bonchev–Trinajstić information content (AvgIpc) is 2.81. The van der Waals surface area contributed by atoms with Gasteiger partial charge < -0.3 is 5.32 Å². The number of hydrogen-bond donors (Lipinski definition) is 1. The Bertz CT molecular complexity index is 649. The first-order valence-corrected chi connectivity index (χ1v) is 6.45. The standard InChI is InChI=1S/C11H13N5O2S/c1-7-5-12-6-16(11(7)18)4-3-13-10(17)9-8(2)14-15-19-9/h5-6H,3-4H2,1-2H3,(H,13,17). The number of carbonyl (C=O) groups is 1. The van der Waals surface area contributed by atoms with Crippen LogP contribution in [-0.2, 0) is 6.54 Å². The van der Waals surface area contributed by atoms with Gasteiger partial charge in [0.1, 0.15) is 4.88 Å². The lowest BCUT2D eigenvalue weighted by molar-refractivity contribution is 0.0955. The summed E-state index contributed by atoms with van der Waals surface area (Å²) in [6.07, 6.45) is 2.98. The molecule has 0 saturated heterocycles. The van der Waals surface area contributed by atoms with Gasteiger partial charge in [0.15, 0.2) is 0 Å². The number of nitrogens with one attached hydrogen (secondary N) is 1. The summed E-state index contributed by atoms with van der Waals surface area (Å²) in [7, 11) is 0. The van der Waals surface area contributed by atoms with Crippen LogP contribution in [-0.4, -0.2) is 31.6 Å². The van der Waals surface area contributed by atoms with Crippen molar-refractivity contribution in [1.82, 2.24) is 24.5 Å². The Morgan fingerprint density at radius 2 is 2.26 bits per heavy atom. The highest BCUT2D eigenvalue weighted by Gasteiger charge is 2.12. The molecule has 2 heterocycles. The maximum Gasteiger partial charge on any atom is 0.265 e. The molecule has 2 rings (SSSR count). The van der Waals surface area contributed by atoms with Crippen molar-refractivity contribution in [3.8, 4) is 0 Å². The Morgan fingerprint density at radius 1 is 1.47 bits per heavy atom. The van der Waals surface area contributed by atoms with Gasteiger partial charge in [-0.2, -0.15) is 0 Å². The molecule has 0 bridgehead atoms. The van der Waals surface area contributed by atoms with Crippen molar-refractivity contribution >= 4 is 17.4 Å². The van der Waals surface area contributed by atoms with Gasteiger partial charge in [-0.05, 0) is 25.4 Å². The third-order valence-corrected chi connectivity index (χ3v) is 3.40. The summed E-state index contributed by atoms with van der Waals surface area (Å²) in [5, 5.41) is 6.50. The Morgan fingerprint density at radius 3 is 2.95 bits per heavy atom. The van der Waals surface area contributed by atoms with Crippen LogP contribution in [0.5, 0.6) is 0 Å². The van der Waals surface area contributed by atoms with E-state index in [9.17, 15) is 9.59 Å². The van der Waals surface area contributed by atoms with Crippen molar-refractivity contribution in [3.63, 3.8) is 0 Å². The zero-order chi connectivity index (χ0) is 13.8. The second kappa shape index (κ2) is 5.70. The molecule has 0 fully saturated rings. The zero-order valence-corrected chi connectivity index (χ0v) is 11.4. The summed E-state index contributed by atoms with van der Waals surface area (Å²) in [6, 6.07) is 0. The van der Waals surface area contributed by atoms with Crippen LogP contribution >= 0.6 is 11.5 Å². The molecule has 0 radical (unpaired) electrons. The fourth-order valence-corrected chi connectivity index (χ4v) is 2.10. The normalized spacial score (nSPS) is 10.4. The molecule has 0 aliphatic rings. The lowest BCUT2D eigenvalue weighted by Gasteiger charge is -2.06. The van der Waals surface area contributed by atoms with Gasteiger partial charge in [-0.15, -0.1) is 5.10 Å². The second-order valence-corrected chi connectivity index (χ2v) is 4.77. The molecule has 1 N–H and O–H groups in total. The van der Waals surface area contributed by atoms with E-state index in [2.05, 4.69) is 19.9 Å². The molecule has 7 nitrogen and oxygen atoms in total. The van der Waals surface area contributed by atoms with Crippen molar-refractivity contribution in [1.29, 1.82) is 0 Å². The minimum Gasteiger partial charge on any atom is -0.349 e. The molecular formula is C11H13N5O2S. The molecule has 8 heteroatoms. The van der Waals surface area contributed by atoms with Crippen molar-refractivity contribution in [2.24, 2.45) is 0 Å². The van der Waals surface area contributed by atoms with Crippen LogP contribution in [0.3, 0.4) is 0 Å². The van der Waals surface area contributed by atoms with E-state index in [1.165, 1.54) is 17.1 Å². The lowest BCUT2D eigenvalue weighted by Crippen LogP contribution is -2.31. The van der Waals surface area contributed by atoms with Gasteiger partial charge in [0.2, 0.25) is 0 Å². The van der Waals surface area contributed by atoms with Gasteiger partial charge >= 0.3 is 0 Å². The van der Waals surface area contributed by atoms with Crippen LogP contribution < -0.4 is 10.9 Å². The molecule has 0 atom stereocenters. The van der Waals surface area contributed by atoms with Crippen LogP contribution in [0, 0.1) is 13.8 Å². The first-order valence-electron chi connectivity index (χ1n) is 5.68. The molecule has 0 spiro atoms. The predicted octanol–water partition coefficient (Wildman–Crippen LogP) is 0.142. The lowest BCUT2D eigenvalue weighted by atomic mass is 10.3. The second-order valence-electron chi connectivity index (χ2n) is 4.02. The number of aromatic nitrogens is 4. The van der Waals surface area contributed by atoms with Crippen molar-refractivity contribution in [2.45, 2.75) is 20.4 Å². The Kier molecular flexibility index (Phi) is 4.00. The average molecular weight is 279 g/mol. The molecule has 19 heavy (non-hydrogen) atoms. The van der Waals surface area contributed by atoms with Crippen molar-refractivity contribution in [2.75, 3.05) is 6.54 Å². The van der Waals surface area contributed by atoms with Gasteiger partial charge in [0, 0.05) is 24.8 Å². The van der Waals surface area contributed by atoms with E-state index in [0.717, 1.165) is 11.5 Å². The quantitative estimate of drug-likeness (QED) is 0.860. The van der Waals surface area contributed by atoms with Crippen LogP contribution in [0.15, 0.2) is 17.3 Å². The SMILES string of the molecule is Cc1nnsc1C(=O)NCCn1cncc(C)c1=O.